The molecular weight excluding hydrogens is 565 g/mol. The number of para-hydroxylation sites is 2. The molecule has 45 heavy (non-hydrogen) atoms. The summed E-state index contributed by atoms with van der Waals surface area (Å²) in [4.78, 5) is 40.4. The third-order valence-corrected chi connectivity index (χ3v) is 8.88. The van der Waals surface area contributed by atoms with Crippen LogP contribution in [0.1, 0.15) is 57.4 Å². The number of aromatic nitrogens is 3. The summed E-state index contributed by atoms with van der Waals surface area (Å²) >= 11 is 0. The van der Waals surface area contributed by atoms with Gasteiger partial charge < -0.3 is 14.4 Å². The van der Waals surface area contributed by atoms with E-state index in [2.05, 4.69) is 9.88 Å². The van der Waals surface area contributed by atoms with E-state index in [1.165, 1.54) is 12.1 Å². The SMILES string of the molecule is CN(CC(CCN1CCC(C(=O)c2nc3ccccc3n2Cc2ccccn2)CC1)c1ccc(F)cc1)C(=O)c1ccccc1. The van der Waals surface area contributed by atoms with Gasteiger partial charge in [-0.25, -0.2) is 9.37 Å². The number of imidazole rings is 1. The number of carbonyl (C=O) groups is 2. The Kier molecular flexibility index (Phi) is 9.41. The molecule has 0 spiro atoms. The quantitative estimate of drug-likeness (QED) is 0.162. The second-order valence-electron chi connectivity index (χ2n) is 11.9. The highest BCUT2D eigenvalue weighted by atomic mass is 19.1. The fraction of sp³-hybridized carbons (Fsp3) is 0.297. The average Bonchev–Trinajstić information content (AvgIpc) is 3.45. The van der Waals surface area contributed by atoms with Crippen molar-refractivity contribution in [1.29, 1.82) is 0 Å². The van der Waals surface area contributed by atoms with E-state index in [9.17, 15) is 14.0 Å². The number of hydrogen-bond donors (Lipinski definition) is 0. The van der Waals surface area contributed by atoms with Crippen LogP contribution in [0.25, 0.3) is 11.0 Å². The Morgan fingerprint density at radius 3 is 2.36 bits per heavy atom. The molecule has 0 N–H and O–H groups in total. The van der Waals surface area contributed by atoms with Crippen molar-refractivity contribution in [2.75, 3.05) is 33.2 Å². The van der Waals surface area contributed by atoms with Crippen LogP contribution in [-0.2, 0) is 6.54 Å². The number of Topliss-reactive ketones (excluding diaryl/α,β-unsaturated/α-hetero) is 1. The van der Waals surface area contributed by atoms with Crippen LogP contribution < -0.4 is 0 Å². The number of halogens is 1. The Morgan fingerprint density at radius 2 is 1.62 bits per heavy atom. The lowest BCUT2D eigenvalue weighted by molar-refractivity contribution is 0.0779. The van der Waals surface area contributed by atoms with Crippen LogP contribution >= 0.6 is 0 Å². The molecule has 7 nitrogen and oxygen atoms in total. The number of nitrogens with zero attached hydrogens (tertiary/aromatic N) is 5. The summed E-state index contributed by atoms with van der Waals surface area (Å²) in [5, 5.41) is 0. The predicted octanol–water partition coefficient (Wildman–Crippen LogP) is 6.46. The van der Waals surface area contributed by atoms with Crippen LogP contribution in [0.15, 0.2) is 103 Å². The van der Waals surface area contributed by atoms with Crippen molar-refractivity contribution in [3.05, 3.63) is 132 Å². The first-order chi connectivity index (χ1) is 22.0. The number of amides is 1. The van der Waals surface area contributed by atoms with Gasteiger partial charge in [-0.2, -0.15) is 0 Å². The predicted molar refractivity (Wildman–Crippen MR) is 174 cm³/mol. The molecule has 0 saturated carbocycles. The second-order valence-corrected chi connectivity index (χ2v) is 11.9. The second kappa shape index (κ2) is 13.9. The molecule has 3 aromatic carbocycles. The van der Waals surface area contributed by atoms with E-state index in [-0.39, 0.29) is 29.3 Å². The number of carbonyl (C=O) groups excluding carboxylic acids is 2. The Morgan fingerprint density at radius 1 is 0.911 bits per heavy atom. The van der Waals surface area contributed by atoms with Gasteiger partial charge in [-0.3, -0.25) is 14.6 Å². The van der Waals surface area contributed by atoms with Gasteiger partial charge in [0.2, 0.25) is 5.78 Å². The van der Waals surface area contributed by atoms with E-state index in [4.69, 9.17) is 4.98 Å². The molecule has 1 aliphatic rings. The monoisotopic (exact) mass is 603 g/mol. The molecule has 8 heteroatoms. The highest BCUT2D eigenvalue weighted by molar-refractivity contribution is 5.98. The average molecular weight is 604 g/mol. The smallest absolute Gasteiger partial charge is 0.253 e. The van der Waals surface area contributed by atoms with Crippen LogP contribution in [0.4, 0.5) is 4.39 Å². The van der Waals surface area contributed by atoms with Gasteiger partial charge in [-0.15, -0.1) is 0 Å². The molecule has 6 rings (SSSR count). The number of likely N-dealkylation sites (N-methyl/N-ethyl adjacent to an activating group) is 1. The molecule has 0 bridgehead atoms. The number of rotatable bonds is 11. The van der Waals surface area contributed by atoms with E-state index in [0.717, 1.165) is 61.2 Å². The maximum Gasteiger partial charge on any atom is 0.253 e. The molecule has 0 radical (unpaired) electrons. The molecule has 0 aliphatic carbocycles. The van der Waals surface area contributed by atoms with Crippen LogP contribution in [0.2, 0.25) is 0 Å². The van der Waals surface area contributed by atoms with Gasteiger partial charge >= 0.3 is 0 Å². The zero-order valence-corrected chi connectivity index (χ0v) is 25.6. The van der Waals surface area contributed by atoms with E-state index < -0.39 is 0 Å². The van der Waals surface area contributed by atoms with E-state index >= 15 is 0 Å². The van der Waals surface area contributed by atoms with Crippen molar-refractivity contribution < 1.29 is 14.0 Å². The maximum absolute atomic E-state index is 13.9. The van der Waals surface area contributed by atoms with Gasteiger partial charge in [-0.1, -0.05) is 48.5 Å². The van der Waals surface area contributed by atoms with E-state index in [1.807, 2.05) is 96.5 Å². The minimum Gasteiger partial charge on any atom is -0.341 e. The number of ketones is 1. The number of hydrogen-bond acceptors (Lipinski definition) is 5. The number of fused-ring (bicyclic) bond motifs is 1. The summed E-state index contributed by atoms with van der Waals surface area (Å²) in [7, 11) is 1.82. The van der Waals surface area contributed by atoms with Crippen LogP contribution in [0, 0.1) is 11.7 Å². The summed E-state index contributed by atoms with van der Waals surface area (Å²) in [5.41, 5.74) is 4.30. The Labute approximate surface area is 263 Å². The minimum atomic E-state index is -0.272. The largest absolute Gasteiger partial charge is 0.341 e. The Hall–Kier alpha value is -4.69. The molecule has 1 unspecified atom stereocenters. The van der Waals surface area contributed by atoms with Crippen molar-refractivity contribution in [2.45, 2.75) is 31.7 Å². The van der Waals surface area contributed by atoms with Gasteiger partial charge in [0, 0.05) is 37.2 Å². The highest BCUT2D eigenvalue weighted by Crippen LogP contribution is 2.27. The summed E-state index contributed by atoms with van der Waals surface area (Å²) in [6.45, 7) is 3.47. The number of piperidine rings is 1. The zero-order chi connectivity index (χ0) is 31.2. The molecule has 5 aromatic rings. The molecule has 1 atom stereocenters. The summed E-state index contributed by atoms with van der Waals surface area (Å²) in [6.07, 6.45) is 4.11. The van der Waals surface area contributed by atoms with Crippen molar-refractivity contribution >= 4 is 22.7 Å². The van der Waals surface area contributed by atoms with Crippen LogP contribution in [-0.4, -0.2) is 69.3 Å². The van der Waals surface area contributed by atoms with Crippen molar-refractivity contribution in [2.24, 2.45) is 5.92 Å². The van der Waals surface area contributed by atoms with Crippen molar-refractivity contribution in [1.82, 2.24) is 24.3 Å². The third-order valence-electron chi connectivity index (χ3n) is 8.88. The first-order valence-corrected chi connectivity index (χ1v) is 15.6. The summed E-state index contributed by atoms with van der Waals surface area (Å²) < 4.78 is 15.8. The first kappa shape index (κ1) is 30.3. The van der Waals surface area contributed by atoms with Gasteiger partial charge in [0.15, 0.2) is 5.82 Å². The lowest BCUT2D eigenvalue weighted by Gasteiger charge is -2.33. The minimum absolute atomic E-state index is 0.0314. The fourth-order valence-electron chi connectivity index (χ4n) is 6.33. The number of pyridine rings is 1. The molecule has 1 aliphatic heterocycles. The number of likely N-dealkylation sites (tertiary alicyclic amines) is 1. The molecule has 230 valence electrons. The maximum atomic E-state index is 13.9. The van der Waals surface area contributed by atoms with Gasteiger partial charge in [0.05, 0.1) is 23.3 Å². The van der Waals surface area contributed by atoms with Gasteiger partial charge in [-0.05, 0) is 93.0 Å². The number of benzene rings is 3. The van der Waals surface area contributed by atoms with Gasteiger partial charge in [0.1, 0.15) is 5.82 Å². The molecule has 1 saturated heterocycles. The van der Waals surface area contributed by atoms with Gasteiger partial charge in [0.25, 0.3) is 5.91 Å². The van der Waals surface area contributed by atoms with Crippen molar-refractivity contribution in [3.63, 3.8) is 0 Å². The molecule has 3 heterocycles. The lowest BCUT2D eigenvalue weighted by atomic mass is 9.90. The van der Waals surface area contributed by atoms with Crippen LogP contribution in [0.5, 0.6) is 0 Å². The van der Waals surface area contributed by atoms with Crippen molar-refractivity contribution in [3.8, 4) is 0 Å². The Balaban J connectivity index is 1.10. The zero-order valence-electron chi connectivity index (χ0n) is 25.6. The first-order valence-electron chi connectivity index (χ1n) is 15.6. The topological polar surface area (TPSA) is 71.3 Å². The molecular formula is C37H38FN5O2. The lowest BCUT2D eigenvalue weighted by Crippen LogP contribution is -2.38. The molecule has 2 aromatic heterocycles. The normalized spacial score (nSPS) is 14.8. The molecule has 1 fully saturated rings. The van der Waals surface area contributed by atoms with E-state index in [1.54, 1.807) is 11.1 Å². The Bertz CT molecular complexity index is 1730. The summed E-state index contributed by atoms with van der Waals surface area (Å²) in [5.74, 6) is 0.245. The highest BCUT2D eigenvalue weighted by Gasteiger charge is 2.30. The fourth-order valence-corrected chi connectivity index (χ4v) is 6.33. The molecule has 1 amide bonds. The third kappa shape index (κ3) is 7.18. The van der Waals surface area contributed by atoms with E-state index in [0.29, 0.717) is 24.5 Å². The van der Waals surface area contributed by atoms with Crippen LogP contribution in [0.3, 0.4) is 0 Å². The summed E-state index contributed by atoms with van der Waals surface area (Å²) in [6, 6.07) is 29.6. The standard InChI is InChI=1S/C37H38FN5O2/c1-41(37(45)29-9-3-2-4-10-29)25-30(27-14-16-31(38)17-15-27)20-24-42-22-18-28(19-23-42)35(44)36-40-33-12-5-6-13-34(33)43(36)26-32-11-7-8-21-39-32/h2-17,21,28,30H,18-20,22-26H2,1H3.